The second-order valence-corrected chi connectivity index (χ2v) is 4.90. The van der Waals surface area contributed by atoms with Crippen molar-refractivity contribution in [2.75, 3.05) is 14.2 Å². The Balaban J connectivity index is 0.00000106. The molecule has 0 radical (unpaired) electrons. The van der Waals surface area contributed by atoms with Crippen molar-refractivity contribution < 1.29 is 4.74 Å². The Labute approximate surface area is 133 Å². The Kier molecular flexibility index (Phi) is 6.78. The average molecular weight is 348 g/mol. The van der Waals surface area contributed by atoms with Crippen LogP contribution < -0.4 is 10.5 Å². The van der Waals surface area contributed by atoms with Gasteiger partial charge in [0.25, 0.3) is 0 Å². The van der Waals surface area contributed by atoms with Gasteiger partial charge in [0.15, 0.2) is 0 Å². The number of nitrogens with two attached hydrogens (primary N) is 1. The van der Waals surface area contributed by atoms with E-state index in [4.69, 9.17) is 15.6 Å². The SMILES string of the molecule is CN.COc1ccc(C(=N)C(=N)c2cccc(Br)c2)cc1. The van der Waals surface area contributed by atoms with Crippen LogP contribution in [0.5, 0.6) is 5.75 Å². The fraction of sp³-hybridized carbons (Fsp3) is 0.125. The van der Waals surface area contributed by atoms with Gasteiger partial charge >= 0.3 is 0 Å². The third-order valence-electron chi connectivity index (χ3n) is 2.74. The van der Waals surface area contributed by atoms with Crippen LogP contribution in [0, 0.1) is 10.8 Å². The molecule has 110 valence electrons. The number of hydrogen-bond donors (Lipinski definition) is 3. The van der Waals surface area contributed by atoms with Gasteiger partial charge in [-0.1, -0.05) is 28.1 Å². The molecule has 0 spiro atoms. The van der Waals surface area contributed by atoms with Crippen molar-refractivity contribution in [3.05, 3.63) is 64.1 Å². The molecule has 2 rings (SSSR count). The minimum atomic E-state index is 0.195. The molecule has 0 aliphatic heterocycles. The third-order valence-corrected chi connectivity index (χ3v) is 3.24. The van der Waals surface area contributed by atoms with Gasteiger partial charge in [-0.2, -0.15) is 0 Å². The van der Waals surface area contributed by atoms with E-state index in [0.29, 0.717) is 5.56 Å². The molecule has 4 N–H and O–H groups in total. The maximum atomic E-state index is 8.09. The number of halogens is 1. The minimum absolute atomic E-state index is 0.195. The van der Waals surface area contributed by atoms with E-state index in [1.165, 1.54) is 7.05 Å². The number of ether oxygens (including phenoxy) is 1. The van der Waals surface area contributed by atoms with Crippen LogP contribution in [0.4, 0.5) is 0 Å². The molecular formula is C16H18BrN3O. The van der Waals surface area contributed by atoms with Gasteiger partial charge in [-0.3, -0.25) is 10.8 Å². The number of benzene rings is 2. The monoisotopic (exact) mass is 347 g/mol. The summed E-state index contributed by atoms with van der Waals surface area (Å²) in [6, 6.07) is 14.6. The molecule has 0 amide bonds. The highest BCUT2D eigenvalue weighted by molar-refractivity contribution is 9.10. The first kappa shape index (κ1) is 17.1. The molecule has 0 unspecified atom stereocenters. The standard InChI is InChI=1S/C15H13BrN2O.CH5N/c1-19-13-7-5-10(6-8-13)14(17)15(18)11-3-2-4-12(16)9-11;1-2/h2-9,17-18H,1H3;2H2,1H3. The number of methoxy groups -OCH3 is 1. The largest absolute Gasteiger partial charge is 0.497 e. The van der Waals surface area contributed by atoms with Crippen LogP contribution in [0.25, 0.3) is 0 Å². The highest BCUT2D eigenvalue weighted by Gasteiger charge is 2.10. The van der Waals surface area contributed by atoms with E-state index >= 15 is 0 Å². The molecule has 0 bridgehead atoms. The molecule has 4 nitrogen and oxygen atoms in total. The fourth-order valence-corrected chi connectivity index (χ4v) is 2.09. The lowest BCUT2D eigenvalue weighted by Crippen LogP contribution is -2.14. The number of hydrogen-bond acceptors (Lipinski definition) is 4. The minimum Gasteiger partial charge on any atom is -0.497 e. The van der Waals surface area contributed by atoms with Crippen molar-refractivity contribution in [2.24, 2.45) is 5.73 Å². The smallest absolute Gasteiger partial charge is 0.118 e. The van der Waals surface area contributed by atoms with Crippen LogP contribution in [0.15, 0.2) is 53.0 Å². The van der Waals surface area contributed by atoms with Crippen LogP contribution in [0.3, 0.4) is 0 Å². The highest BCUT2D eigenvalue weighted by Crippen LogP contribution is 2.16. The van der Waals surface area contributed by atoms with E-state index in [1.807, 2.05) is 24.3 Å². The van der Waals surface area contributed by atoms with Crippen LogP contribution in [-0.4, -0.2) is 25.6 Å². The van der Waals surface area contributed by atoms with Crippen LogP contribution >= 0.6 is 15.9 Å². The van der Waals surface area contributed by atoms with Crippen molar-refractivity contribution in [2.45, 2.75) is 0 Å². The van der Waals surface area contributed by atoms with Crippen molar-refractivity contribution in [3.8, 4) is 5.75 Å². The molecule has 5 heteroatoms. The zero-order valence-electron chi connectivity index (χ0n) is 12.0. The van der Waals surface area contributed by atoms with E-state index in [9.17, 15) is 0 Å². The molecule has 0 saturated heterocycles. The van der Waals surface area contributed by atoms with Crippen molar-refractivity contribution in [1.29, 1.82) is 10.8 Å². The molecule has 2 aromatic carbocycles. The van der Waals surface area contributed by atoms with Gasteiger partial charge in [-0.05, 0) is 43.4 Å². The summed E-state index contributed by atoms with van der Waals surface area (Å²) in [6.07, 6.45) is 0. The maximum Gasteiger partial charge on any atom is 0.118 e. The van der Waals surface area contributed by atoms with E-state index in [0.717, 1.165) is 15.8 Å². The number of rotatable bonds is 4. The molecular weight excluding hydrogens is 330 g/mol. The van der Waals surface area contributed by atoms with Gasteiger partial charge < -0.3 is 10.5 Å². The maximum absolute atomic E-state index is 8.09. The van der Waals surface area contributed by atoms with Gasteiger partial charge in [0.1, 0.15) is 5.75 Å². The predicted octanol–water partition coefficient (Wildman–Crippen LogP) is 3.47. The Morgan fingerprint density at radius 2 is 1.52 bits per heavy atom. The van der Waals surface area contributed by atoms with Crippen molar-refractivity contribution >= 4 is 27.4 Å². The molecule has 2 aromatic rings. The van der Waals surface area contributed by atoms with Crippen LogP contribution in [0.1, 0.15) is 11.1 Å². The van der Waals surface area contributed by atoms with E-state index in [-0.39, 0.29) is 11.4 Å². The molecule has 0 aliphatic carbocycles. The summed E-state index contributed by atoms with van der Waals surface area (Å²) in [4.78, 5) is 0. The first-order valence-corrected chi connectivity index (χ1v) is 7.06. The third kappa shape index (κ3) is 4.51. The van der Waals surface area contributed by atoms with E-state index in [1.54, 1.807) is 31.4 Å². The molecule has 0 atom stereocenters. The Morgan fingerprint density at radius 1 is 0.952 bits per heavy atom. The molecule has 0 aliphatic rings. The number of nitrogens with one attached hydrogen (secondary N) is 2. The van der Waals surface area contributed by atoms with E-state index < -0.39 is 0 Å². The summed E-state index contributed by atoms with van der Waals surface area (Å²) >= 11 is 3.37. The van der Waals surface area contributed by atoms with Crippen LogP contribution in [0.2, 0.25) is 0 Å². The second-order valence-electron chi connectivity index (χ2n) is 3.99. The first-order valence-electron chi connectivity index (χ1n) is 6.27. The predicted molar refractivity (Wildman–Crippen MR) is 90.9 cm³/mol. The average Bonchev–Trinajstić information content (AvgIpc) is 2.55. The van der Waals surface area contributed by atoms with Gasteiger partial charge in [0.05, 0.1) is 18.5 Å². The Morgan fingerprint density at radius 3 is 2.05 bits per heavy atom. The lowest BCUT2D eigenvalue weighted by Gasteiger charge is -2.08. The summed E-state index contributed by atoms with van der Waals surface area (Å²) in [5.41, 5.74) is 6.31. The van der Waals surface area contributed by atoms with Gasteiger partial charge in [0.2, 0.25) is 0 Å². The quantitative estimate of drug-likeness (QED) is 0.740. The molecule has 0 fully saturated rings. The van der Waals surface area contributed by atoms with E-state index in [2.05, 4.69) is 21.7 Å². The summed E-state index contributed by atoms with van der Waals surface area (Å²) in [5.74, 6) is 0.741. The van der Waals surface area contributed by atoms with Crippen molar-refractivity contribution in [3.63, 3.8) is 0 Å². The highest BCUT2D eigenvalue weighted by atomic mass is 79.9. The van der Waals surface area contributed by atoms with Gasteiger partial charge in [-0.15, -0.1) is 0 Å². The van der Waals surface area contributed by atoms with Crippen LogP contribution in [-0.2, 0) is 0 Å². The Hall–Kier alpha value is -1.98. The molecule has 0 saturated carbocycles. The normalized spacial score (nSPS) is 9.33. The van der Waals surface area contributed by atoms with Gasteiger partial charge in [-0.25, -0.2) is 0 Å². The lowest BCUT2D eigenvalue weighted by atomic mass is 10.00. The fourth-order valence-electron chi connectivity index (χ4n) is 1.69. The summed E-state index contributed by atoms with van der Waals surface area (Å²) < 4.78 is 5.98. The summed E-state index contributed by atoms with van der Waals surface area (Å²) in [5, 5.41) is 16.2. The zero-order valence-corrected chi connectivity index (χ0v) is 13.6. The van der Waals surface area contributed by atoms with Gasteiger partial charge in [0, 0.05) is 15.6 Å². The molecule has 0 aromatic heterocycles. The van der Waals surface area contributed by atoms with Crippen molar-refractivity contribution in [1.82, 2.24) is 0 Å². The topological polar surface area (TPSA) is 83.0 Å². The second kappa shape index (κ2) is 8.34. The zero-order chi connectivity index (χ0) is 15.8. The molecule has 21 heavy (non-hydrogen) atoms. The lowest BCUT2D eigenvalue weighted by molar-refractivity contribution is 0.415. The molecule has 0 heterocycles. The Bertz CT molecular complexity index is 624. The first-order chi connectivity index (χ1) is 10.1. The summed E-state index contributed by atoms with van der Waals surface area (Å²) in [7, 11) is 3.10. The summed E-state index contributed by atoms with van der Waals surface area (Å²) in [6.45, 7) is 0.